The van der Waals surface area contributed by atoms with E-state index >= 15 is 0 Å². The van der Waals surface area contributed by atoms with Crippen molar-refractivity contribution in [2.75, 3.05) is 0 Å². The molecule has 2 heteroatoms. The van der Waals surface area contributed by atoms with Crippen molar-refractivity contribution in [1.29, 1.82) is 0 Å². The molecule has 33 heavy (non-hydrogen) atoms. The van der Waals surface area contributed by atoms with Crippen molar-refractivity contribution in [3.05, 3.63) is 11.6 Å². The van der Waals surface area contributed by atoms with Gasteiger partial charge in [-0.1, -0.05) is 66.0 Å². The number of ether oxygens (including phenoxy) is 1. The van der Waals surface area contributed by atoms with Gasteiger partial charge in [-0.2, -0.15) is 0 Å². The van der Waals surface area contributed by atoms with E-state index in [1.165, 1.54) is 57.8 Å². The smallest absolute Gasteiger partial charge is 0.302 e. The van der Waals surface area contributed by atoms with Crippen molar-refractivity contribution in [2.45, 2.75) is 125 Å². The van der Waals surface area contributed by atoms with Gasteiger partial charge in [0, 0.05) is 13.3 Å². The Labute approximate surface area is 204 Å². The summed E-state index contributed by atoms with van der Waals surface area (Å²) in [5, 5.41) is 0. The number of carbonyl (C=O) groups is 1. The molecule has 0 heterocycles. The van der Waals surface area contributed by atoms with Gasteiger partial charge in [0.2, 0.25) is 0 Å². The Morgan fingerprint density at radius 2 is 1.82 bits per heavy atom. The van der Waals surface area contributed by atoms with Gasteiger partial charge >= 0.3 is 5.97 Å². The third-order valence-corrected chi connectivity index (χ3v) is 11.6. The van der Waals surface area contributed by atoms with E-state index in [-0.39, 0.29) is 12.1 Å². The average molecular weight is 457 g/mol. The van der Waals surface area contributed by atoms with Crippen LogP contribution in [0.4, 0.5) is 0 Å². The monoisotopic (exact) mass is 456 g/mol. The van der Waals surface area contributed by atoms with E-state index in [1.807, 2.05) is 0 Å². The van der Waals surface area contributed by atoms with Gasteiger partial charge in [0.1, 0.15) is 6.10 Å². The van der Waals surface area contributed by atoms with Crippen molar-refractivity contribution in [2.24, 2.45) is 52.3 Å². The zero-order valence-corrected chi connectivity index (χ0v) is 22.8. The van der Waals surface area contributed by atoms with Gasteiger partial charge in [0.25, 0.3) is 0 Å². The molecule has 3 fully saturated rings. The predicted octanol–water partition coefficient (Wildman–Crippen LogP) is 8.60. The molecule has 0 aromatic carbocycles. The first-order valence-corrected chi connectivity index (χ1v) is 14.5. The van der Waals surface area contributed by atoms with Crippen LogP contribution in [0.25, 0.3) is 0 Å². The van der Waals surface area contributed by atoms with Crippen molar-refractivity contribution < 1.29 is 9.53 Å². The molecule has 0 amide bonds. The Balaban J connectivity index is 1.46. The molecule has 0 saturated heterocycles. The van der Waals surface area contributed by atoms with E-state index in [4.69, 9.17) is 4.74 Å². The minimum atomic E-state index is -0.115. The molecule has 4 aliphatic carbocycles. The third-order valence-electron chi connectivity index (χ3n) is 11.6. The zero-order chi connectivity index (χ0) is 24.0. The number of carbonyl (C=O) groups excluding carboxylic acids is 1. The van der Waals surface area contributed by atoms with Gasteiger partial charge in [-0.15, -0.1) is 0 Å². The van der Waals surface area contributed by atoms with Crippen LogP contribution in [0.3, 0.4) is 0 Å². The lowest BCUT2D eigenvalue weighted by Crippen LogP contribution is -2.51. The second-order valence-corrected chi connectivity index (χ2v) is 13.4. The second kappa shape index (κ2) is 9.69. The van der Waals surface area contributed by atoms with Crippen LogP contribution in [0.15, 0.2) is 11.6 Å². The normalized spacial score (nSPS) is 42.1. The van der Waals surface area contributed by atoms with Crippen LogP contribution in [-0.4, -0.2) is 12.1 Å². The van der Waals surface area contributed by atoms with Gasteiger partial charge in [-0.25, -0.2) is 0 Å². The summed E-state index contributed by atoms with van der Waals surface area (Å²) in [6, 6.07) is 0. The minimum absolute atomic E-state index is 0.113. The van der Waals surface area contributed by atoms with E-state index in [2.05, 4.69) is 47.6 Å². The largest absolute Gasteiger partial charge is 0.462 e. The maximum atomic E-state index is 11.5. The van der Waals surface area contributed by atoms with Crippen LogP contribution in [-0.2, 0) is 9.53 Å². The summed E-state index contributed by atoms with van der Waals surface area (Å²) < 4.78 is 5.63. The van der Waals surface area contributed by atoms with Crippen LogP contribution < -0.4 is 0 Å². The molecule has 0 N–H and O–H groups in total. The first-order chi connectivity index (χ1) is 15.6. The third kappa shape index (κ3) is 4.58. The molecule has 0 radical (unpaired) electrons. The highest BCUT2D eigenvalue weighted by atomic mass is 16.5. The van der Waals surface area contributed by atoms with Crippen LogP contribution in [0.1, 0.15) is 119 Å². The highest BCUT2D eigenvalue weighted by molar-refractivity contribution is 5.66. The molecule has 188 valence electrons. The SMILES string of the molecule is CCC(CCC(C)C1CCC2C3CC=C4CC(OC(C)=O)CC[C@]4(C)C3CC[C@]12C)C(C)C. The second-order valence-electron chi connectivity index (χ2n) is 13.4. The van der Waals surface area contributed by atoms with Gasteiger partial charge < -0.3 is 4.74 Å². The Morgan fingerprint density at radius 1 is 1.06 bits per heavy atom. The highest BCUT2D eigenvalue weighted by Crippen LogP contribution is 2.67. The molecule has 0 aliphatic heterocycles. The van der Waals surface area contributed by atoms with Crippen molar-refractivity contribution in [3.63, 3.8) is 0 Å². The fourth-order valence-electron chi connectivity index (χ4n) is 9.63. The number of fused-ring (bicyclic) bond motifs is 5. The van der Waals surface area contributed by atoms with Crippen LogP contribution in [0, 0.1) is 52.3 Å². The molecular weight excluding hydrogens is 404 g/mol. The van der Waals surface area contributed by atoms with Crippen molar-refractivity contribution >= 4 is 5.97 Å². The van der Waals surface area contributed by atoms with Crippen LogP contribution in [0.2, 0.25) is 0 Å². The quantitative estimate of drug-likeness (QED) is 0.283. The molecule has 0 spiro atoms. The molecule has 0 aromatic heterocycles. The topological polar surface area (TPSA) is 26.3 Å². The molecule has 3 saturated carbocycles. The highest BCUT2D eigenvalue weighted by Gasteiger charge is 2.59. The van der Waals surface area contributed by atoms with Crippen LogP contribution >= 0.6 is 0 Å². The number of hydrogen-bond donors (Lipinski definition) is 0. The molecule has 4 rings (SSSR count). The Kier molecular flexibility index (Phi) is 7.43. The lowest BCUT2D eigenvalue weighted by molar-refractivity contribution is -0.148. The number of esters is 1. The number of rotatable bonds is 7. The summed E-state index contributed by atoms with van der Waals surface area (Å²) in [4.78, 5) is 11.5. The Bertz CT molecular complexity index is 737. The lowest BCUT2D eigenvalue weighted by Gasteiger charge is -2.58. The van der Waals surface area contributed by atoms with Gasteiger partial charge in [0.15, 0.2) is 0 Å². The molecule has 0 bridgehead atoms. The molecule has 4 aliphatic rings. The van der Waals surface area contributed by atoms with Gasteiger partial charge in [-0.05, 0) is 104 Å². The summed E-state index contributed by atoms with van der Waals surface area (Å²) in [5.74, 6) is 6.03. The van der Waals surface area contributed by atoms with Crippen molar-refractivity contribution in [3.8, 4) is 0 Å². The summed E-state index contributed by atoms with van der Waals surface area (Å²) in [5.41, 5.74) is 2.51. The lowest BCUT2D eigenvalue weighted by atomic mass is 9.47. The van der Waals surface area contributed by atoms with Gasteiger partial charge in [0.05, 0.1) is 0 Å². The number of allylic oxidation sites excluding steroid dienone is 1. The molecule has 9 atom stereocenters. The summed E-state index contributed by atoms with van der Waals surface area (Å²) >= 11 is 0. The van der Waals surface area contributed by atoms with E-state index in [1.54, 1.807) is 12.5 Å². The first-order valence-electron chi connectivity index (χ1n) is 14.5. The first kappa shape index (κ1) is 25.3. The predicted molar refractivity (Wildman–Crippen MR) is 138 cm³/mol. The van der Waals surface area contributed by atoms with E-state index < -0.39 is 0 Å². The summed E-state index contributed by atoms with van der Waals surface area (Å²) in [7, 11) is 0. The maximum Gasteiger partial charge on any atom is 0.302 e. The van der Waals surface area contributed by atoms with E-state index in [0.717, 1.165) is 54.3 Å². The molecular formula is C31H52O2. The molecule has 7 unspecified atom stereocenters. The standard InChI is InChI=1S/C31H52O2/c1-8-23(20(2)3)10-9-21(4)27-13-14-28-26-12-11-24-19-25(33-22(5)32)15-17-30(24,6)29(26)16-18-31(27,28)7/h11,20-21,23,25-29H,8-10,12-19H2,1-7H3/t21?,23?,25?,26?,27?,28?,29?,30-,31+/m0/s1. The summed E-state index contributed by atoms with van der Waals surface area (Å²) in [6.07, 6.45) is 17.2. The fourth-order valence-corrected chi connectivity index (χ4v) is 9.63. The Hall–Kier alpha value is -0.790. The van der Waals surface area contributed by atoms with Gasteiger partial charge in [-0.3, -0.25) is 4.79 Å². The minimum Gasteiger partial charge on any atom is -0.462 e. The fraction of sp³-hybridized carbons (Fsp3) is 0.903. The molecule has 0 aromatic rings. The average Bonchev–Trinajstić information content (AvgIpc) is 3.11. The van der Waals surface area contributed by atoms with E-state index in [0.29, 0.717) is 10.8 Å². The molecule has 2 nitrogen and oxygen atoms in total. The van der Waals surface area contributed by atoms with Crippen LogP contribution in [0.5, 0.6) is 0 Å². The zero-order valence-electron chi connectivity index (χ0n) is 22.8. The maximum absolute atomic E-state index is 11.5. The van der Waals surface area contributed by atoms with E-state index in [9.17, 15) is 4.79 Å². The Morgan fingerprint density at radius 3 is 2.48 bits per heavy atom. The number of hydrogen-bond acceptors (Lipinski definition) is 2. The summed E-state index contributed by atoms with van der Waals surface area (Å²) in [6.45, 7) is 16.6. The van der Waals surface area contributed by atoms with Crippen molar-refractivity contribution in [1.82, 2.24) is 0 Å².